The number of aliphatic imine (C=N–C) groups is 1. The number of aromatic nitrogens is 2. The highest BCUT2D eigenvalue weighted by Gasteiger charge is 2.43. The van der Waals surface area contributed by atoms with Gasteiger partial charge in [-0.25, -0.2) is 0 Å². The number of amidine groups is 1. The Labute approximate surface area is 148 Å². The van der Waals surface area contributed by atoms with Crippen molar-refractivity contribution in [3.63, 3.8) is 0 Å². The molecule has 0 amide bonds. The average Bonchev–Trinajstić information content (AvgIpc) is 3.20. The van der Waals surface area contributed by atoms with Crippen LogP contribution in [0, 0.1) is 0 Å². The molecule has 0 saturated carbocycles. The molecule has 5 heteroatoms. The summed E-state index contributed by atoms with van der Waals surface area (Å²) in [7, 11) is 0. The Morgan fingerprint density at radius 1 is 1.21 bits per heavy atom. The van der Waals surface area contributed by atoms with Crippen LogP contribution in [0.4, 0.5) is 0 Å². The lowest BCUT2D eigenvalue weighted by atomic mass is 9.98. The van der Waals surface area contributed by atoms with Gasteiger partial charge in [-0.3, -0.25) is 9.98 Å². The Hall–Kier alpha value is -1.75. The highest BCUT2D eigenvalue weighted by molar-refractivity contribution is 8.14. The van der Waals surface area contributed by atoms with Crippen LogP contribution in [0.1, 0.15) is 51.0 Å². The van der Waals surface area contributed by atoms with Crippen molar-refractivity contribution in [2.24, 2.45) is 4.99 Å². The van der Waals surface area contributed by atoms with Crippen molar-refractivity contribution in [3.05, 3.63) is 54.1 Å². The van der Waals surface area contributed by atoms with Crippen LogP contribution in [0.15, 0.2) is 47.8 Å². The zero-order chi connectivity index (χ0) is 16.9. The molecule has 2 aliphatic heterocycles. The van der Waals surface area contributed by atoms with E-state index in [2.05, 4.69) is 72.7 Å². The van der Waals surface area contributed by atoms with Crippen molar-refractivity contribution in [2.75, 3.05) is 6.54 Å². The summed E-state index contributed by atoms with van der Waals surface area (Å²) in [6.07, 6.45) is 6.34. The molecule has 4 rings (SSSR count). The maximum absolute atomic E-state index is 5.03. The largest absolute Gasteiger partial charge is 0.349 e. The first-order valence-electron chi connectivity index (χ1n) is 8.54. The van der Waals surface area contributed by atoms with Gasteiger partial charge in [-0.15, -0.1) is 0 Å². The molecule has 0 bridgehead atoms. The molecule has 0 radical (unpaired) electrons. The van der Waals surface area contributed by atoms with Crippen molar-refractivity contribution in [3.8, 4) is 0 Å². The van der Waals surface area contributed by atoms with Gasteiger partial charge >= 0.3 is 0 Å². The fourth-order valence-corrected chi connectivity index (χ4v) is 4.58. The number of pyridine rings is 1. The number of fused-ring (bicyclic) bond motifs is 1. The lowest BCUT2D eigenvalue weighted by molar-refractivity contribution is 0.319. The van der Waals surface area contributed by atoms with E-state index < -0.39 is 0 Å². The van der Waals surface area contributed by atoms with Gasteiger partial charge in [0.2, 0.25) is 0 Å². The first-order chi connectivity index (χ1) is 11.4. The lowest BCUT2D eigenvalue weighted by Gasteiger charge is -2.27. The molecule has 0 N–H and O–H groups in total. The average molecular weight is 340 g/mol. The van der Waals surface area contributed by atoms with Crippen LogP contribution in [0.2, 0.25) is 0 Å². The zero-order valence-electron chi connectivity index (χ0n) is 14.7. The Kier molecular flexibility index (Phi) is 3.71. The van der Waals surface area contributed by atoms with Crippen LogP contribution in [0.5, 0.6) is 0 Å². The lowest BCUT2D eigenvalue weighted by Crippen LogP contribution is -2.28. The second-order valence-electron chi connectivity index (χ2n) is 7.66. The fourth-order valence-electron chi connectivity index (χ4n) is 3.48. The van der Waals surface area contributed by atoms with Crippen LogP contribution in [-0.2, 0) is 5.54 Å². The minimum Gasteiger partial charge on any atom is -0.349 e. The van der Waals surface area contributed by atoms with E-state index in [1.807, 2.05) is 24.0 Å². The molecule has 0 aromatic carbocycles. The molecular formula is C19H24N4S. The Bertz CT molecular complexity index is 759. The minimum absolute atomic E-state index is 0.0806. The molecule has 4 heterocycles. The van der Waals surface area contributed by atoms with Crippen LogP contribution < -0.4 is 0 Å². The van der Waals surface area contributed by atoms with Gasteiger partial charge in [0.15, 0.2) is 5.17 Å². The van der Waals surface area contributed by atoms with Gasteiger partial charge in [0.05, 0.1) is 11.7 Å². The number of rotatable bonds is 2. The second-order valence-corrected chi connectivity index (χ2v) is 9.07. The topological polar surface area (TPSA) is 33.4 Å². The van der Waals surface area contributed by atoms with Crippen molar-refractivity contribution in [1.29, 1.82) is 0 Å². The van der Waals surface area contributed by atoms with E-state index in [-0.39, 0.29) is 17.6 Å². The van der Waals surface area contributed by atoms with Gasteiger partial charge < -0.3 is 9.47 Å². The van der Waals surface area contributed by atoms with Crippen LogP contribution in [0.3, 0.4) is 0 Å². The van der Waals surface area contributed by atoms with E-state index in [1.54, 1.807) is 0 Å². The summed E-state index contributed by atoms with van der Waals surface area (Å²) in [6, 6.07) is 8.69. The summed E-state index contributed by atoms with van der Waals surface area (Å²) in [6.45, 7) is 10.0. The molecule has 126 valence electrons. The first-order valence-corrected chi connectivity index (χ1v) is 9.42. The third kappa shape index (κ3) is 2.65. The molecular weight excluding hydrogens is 316 g/mol. The van der Waals surface area contributed by atoms with E-state index in [0.717, 1.165) is 12.2 Å². The maximum Gasteiger partial charge on any atom is 0.160 e. The maximum atomic E-state index is 5.03. The quantitative estimate of drug-likeness (QED) is 0.820. The second kappa shape index (κ2) is 5.66. The molecule has 1 saturated heterocycles. The summed E-state index contributed by atoms with van der Waals surface area (Å²) in [5.41, 5.74) is 2.48. The van der Waals surface area contributed by atoms with Gasteiger partial charge in [0.1, 0.15) is 6.04 Å². The van der Waals surface area contributed by atoms with Gasteiger partial charge in [0, 0.05) is 35.9 Å². The van der Waals surface area contributed by atoms with Crippen molar-refractivity contribution in [1.82, 2.24) is 14.5 Å². The molecule has 2 aromatic heterocycles. The number of nitrogens with zero attached hydrogens (tertiary/aromatic N) is 4. The van der Waals surface area contributed by atoms with Gasteiger partial charge in [-0.1, -0.05) is 24.8 Å². The molecule has 0 spiro atoms. The van der Waals surface area contributed by atoms with Gasteiger partial charge in [0.25, 0.3) is 0 Å². The number of thioether (sulfide) groups is 1. The minimum atomic E-state index is 0.0806. The number of hydrogen-bond acceptors (Lipinski definition) is 4. The molecule has 2 aromatic rings. The summed E-state index contributed by atoms with van der Waals surface area (Å²) >= 11 is 1.89. The van der Waals surface area contributed by atoms with Crippen molar-refractivity contribution < 1.29 is 0 Å². The highest BCUT2D eigenvalue weighted by Crippen LogP contribution is 2.47. The van der Waals surface area contributed by atoms with E-state index in [0.29, 0.717) is 5.25 Å². The Balaban J connectivity index is 1.74. The Morgan fingerprint density at radius 3 is 2.71 bits per heavy atom. The molecule has 0 unspecified atom stereocenters. The monoisotopic (exact) mass is 340 g/mol. The van der Waals surface area contributed by atoms with Crippen LogP contribution >= 0.6 is 11.8 Å². The summed E-state index contributed by atoms with van der Waals surface area (Å²) in [5, 5.41) is 1.77. The molecule has 0 aliphatic carbocycles. The van der Waals surface area contributed by atoms with E-state index in [4.69, 9.17) is 4.99 Å². The SMILES string of the molecule is C[C@@H]1CN2C(=N[C@@H](c3ccccn3)[C@H]2c2ccn(C(C)(C)C)c2)S1. The first kappa shape index (κ1) is 15.8. The summed E-state index contributed by atoms with van der Waals surface area (Å²) < 4.78 is 2.29. The summed E-state index contributed by atoms with van der Waals surface area (Å²) in [4.78, 5) is 12.1. The number of hydrogen-bond donors (Lipinski definition) is 0. The van der Waals surface area contributed by atoms with Crippen molar-refractivity contribution >= 4 is 16.9 Å². The fraction of sp³-hybridized carbons (Fsp3) is 0.474. The van der Waals surface area contributed by atoms with Crippen LogP contribution in [-0.4, -0.2) is 31.4 Å². The Morgan fingerprint density at radius 2 is 2.04 bits per heavy atom. The third-order valence-corrected chi connectivity index (χ3v) is 5.82. The normalized spacial score (nSPS) is 26.6. The zero-order valence-corrected chi connectivity index (χ0v) is 15.5. The van der Waals surface area contributed by atoms with Gasteiger partial charge in [-0.05, 0) is 44.5 Å². The summed E-state index contributed by atoms with van der Waals surface area (Å²) in [5.74, 6) is 0. The predicted molar refractivity (Wildman–Crippen MR) is 100 cm³/mol. The van der Waals surface area contributed by atoms with Crippen molar-refractivity contribution in [2.45, 2.75) is 50.6 Å². The van der Waals surface area contributed by atoms with Crippen LogP contribution in [0.25, 0.3) is 0 Å². The molecule has 4 nitrogen and oxygen atoms in total. The molecule has 3 atom stereocenters. The van der Waals surface area contributed by atoms with E-state index in [1.165, 1.54) is 10.7 Å². The van der Waals surface area contributed by atoms with E-state index in [9.17, 15) is 0 Å². The molecule has 24 heavy (non-hydrogen) atoms. The highest BCUT2D eigenvalue weighted by atomic mass is 32.2. The van der Waals surface area contributed by atoms with E-state index >= 15 is 0 Å². The standard InChI is InChI=1S/C19H24N4S/c1-13-11-23-17(14-8-10-22(12-14)19(2,3)4)16(21-18(23)24-13)15-7-5-6-9-20-15/h5-10,12-13,16-17H,11H2,1-4H3/t13-,16+,17-/m1/s1. The van der Waals surface area contributed by atoms with Gasteiger partial charge in [-0.2, -0.15) is 0 Å². The molecule has 1 fully saturated rings. The molecule has 2 aliphatic rings. The third-order valence-electron chi connectivity index (χ3n) is 4.71. The predicted octanol–water partition coefficient (Wildman–Crippen LogP) is 4.23. The smallest absolute Gasteiger partial charge is 0.160 e.